The summed E-state index contributed by atoms with van der Waals surface area (Å²) < 4.78 is 0. The fourth-order valence-electron chi connectivity index (χ4n) is 1.84. The third kappa shape index (κ3) is 0.659. The van der Waals surface area contributed by atoms with Gasteiger partial charge in [-0.1, -0.05) is 0 Å². The topological polar surface area (TPSA) is 29.1 Å². The molecule has 0 unspecified atom stereocenters. The molecule has 3 heteroatoms. The predicted molar refractivity (Wildman–Crippen MR) is 34.5 cm³/mol. The molecular formula is C6H8ClNO. The highest BCUT2D eigenvalue weighted by Gasteiger charge is 2.57. The summed E-state index contributed by atoms with van der Waals surface area (Å²) in [5.74, 6) is 0.897. The van der Waals surface area contributed by atoms with Crippen molar-refractivity contribution in [3.8, 4) is 0 Å². The van der Waals surface area contributed by atoms with Crippen molar-refractivity contribution in [2.45, 2.75) is 24.8 Å². The van der Waals surface area contributed by atoms with Crippen molar-refractivity contribution in [3.63, 3.8) is 0 Å². The largest absolute Gasteiger partial charge is 0.337 e. The van der Waals surface area contributed by atoms with Crippen molar-refractivity contribution < 1.29 is 4.79 Å². The summed E-state index contributed by atoms with van der Waals surface area (Å²) in [5, 5.41) is 2.35. The Hall–Kier alpha value is -0.240. The van der Waals surface area contributed by atoms with E-state index in [0.29, 0.717) is 0 Å². The van der Waals surface area contributed by atoms with Gasteiger partial charge in [-0.3, -0.25) is 4.79 Å². The van der Waals surface area contributed by atoms with Crippen molar-refractivity contribution in [2.24, 2.45) is 5.92 Å². The molecule has 3 fully saturated rings. The van der Waals surface area contributed by atoms with Crippen LogP contribution in [0.4, 0.5) is 4.79 Å². The summed E-state index contributed by atoms with van der Waals surface area (Å²) in [5.41, 5.74) is 0.156. The van der Waals surface area contributed by atoms with Crippen LogP contribution in [0.15, 0.2) is 0 Å². The first kappa shape index (κ1) is 5.54. The Labute approximate surface area is 58.6 Å². The molecule has 0 spiro atoms. The average molecular weight is 146 g/mol. The van der Waals surface area contributed by atoms with Gasteiger partial charge in [0, 0.05) is 5.54 Å². The second-order valence-corrected chi connectivity index (χ2v) is 3.50. The van der Waals surface area contributed by atoms with Crippen LogP contribution in [0.5, 0.6) is 0 Å². The molecule has 2 bridgehead atoms. The van der Waals surface area contributed by atoms with Gasteiger partial charge in [0.15, 0.2) is 0 Å². The number of hydrogen-bond donors (Lipinski definition) is 1. The lowest BCUT2D eigenvalue weighted by Crippen LogP contribution is -2.67. The molecule has 3 saturated carbocycles. The number of hydrogen-bond acceptors (Lipinski definition) is 1. The van der Waals surface area contributed by atoms with E-state index >= 15 is 0 Å². The van der Waals surface area contributed by atoms with Crippen LogP contribution < -0.4 is 5.32 Å². The van der Waals surface area contributed by atoms with E-state index in [1.807, 2.05) is 0 Å². The van der Waals surface area contributed by atoms with Crippen molar-refractivity contribution in [3.05, 3.63) is 0 Å². The molecule has 3 aliphatic carbocycles. The summed E-state index contributed by atoms with van der Waals surface area (Å²) in [6.07, 6.45) is 3.47. The Morgan fingerprint density at radius 1 is 1.56 bits per heavy atom. The van der Waals surface area contributed by atoms with E-state index < -0.39 is 5.37 Å². The molecule has 0 aromatic carbocycles. The fourth-order valence-corrected chi connectivity index (χ4v) is 2.04. The van der Waals surface area contributed by atoms with E-state index in [0.717, 1.165) is 25.2 Å². The first-order valence-electron chi connectivity index (χ1n) is 3.18. The number of halogens is 1. The molecule has 9 heavy (non-hydrogen) atoms. The highest BCUT2D eigenvalue weighted by atomic mass is 35.5. The molecule has 1 N–H and O–H groups in total. The molecule has 0 saturated heterocycles. The lowest BCUT2D eigenvalue weighted by Gasteiger charge is -2.61. The van der Waals surface area contributed by atoms with Gasteiger partial charge in [-0.25, -0.2) is 0 Å². The van der Waals surface area contributed by atoms with Crippen LogP contribution in [-0.4, -0.2) is 10.9 Å². The maximum absolute atomic E-state index is 10.3. The van der Waals surface area contributed by atoms with E-state index in [2.05, 4.69) is 5.32 Å². The van der Waals surface area contributed by atoms with Gasteiger partial charge in [-0.05, 0) is 36.8 Å². The number of rotatable bonds is 1. The van der Waals surface area contributed by atoms with Crippen molar-refractivity contribution in [1.29, 1.82) is 0 Å². The van der Waals surface area contributed by atoms with Crippen LogP contribution >= 0.6 is 11.6 Å². The molecule has 50 valence electrons. The zero-order valence-corrected chi connectivity index (χ0v) is 5.74. The van der Waals surface area contributed by atoms with Crippen molar-refractivity contribution in [2.75, 3.05) is 0 Å². The van der Waals surface area contributed by atoms with Gasteiger partial charge in [0.2, 0.25) is 0 Å². The molecule has 0 aromatic heterocycles. The monoisotopic (exact) mass is 145 g/mol. The molecule has 0 aliphatic heterocycles. The van der Waals surface area contributed by atoms with E-state index in [4.69, 9.17) is 11.6 Å². The minimum Gasteiger partial charge on any atom is -0.337 e. The Balaban J connectivity index is 1.92. The van der Waals surface area contributed by atoms with Crippen LogP contribution in [0.1, 0.15) is 19.3 Å². The van der Waals surface area contributed by atoms with Gasteiger partial charge in [0.1, 0.15) is 0 Å². The number of amides is 1. The molecule has 2 nitrogen and oxygen atoms in total. The summed E-state index contributed by atoms with van der Waals surface area (Å²) in [7, 11) is 0. The highest BCUT2D eigenvalue weighted by Crippen LogP contribution is 2.56. The smallest absolute Gasteiger partial charge is 0.314 e. The SMILES string of the molecule is O=C(Cl)NC12CC(C1)C2. The van der Waals surface area contributed by atoms with Gasteiger partial charge in [-0.2, -0.15) is 0 Å². The normalized spacial score (nSPS) is 44.8. The Morgan fingerprint density at radius 2 is 2.11 bits per heavy atom. The van der Waals surface area contributed by atoms with Crippen molar-refractivity contribution in [1.82, 2.24) is 5.32 Å². The Kier molecular flexibility index (Phi) is 0.878. The number of carbonyl (C=O) groups excluding carboxylic acids is 1. The maximum atomic E-state index is 10.3. The highest BCUT2D eigenvalue weighted by molar-refractivity contribution is 6.63. The minimum absolute atomic E-state index is 0.156. The molecule has 0 atom stereocenters. The molecule has 0 heterocycles. The summed E-state index contributed by atoms with van der Waals surface area (Å²) in [6, 6.07) is 0. The van der Waals surface area contributed by atoms with Crippen LogP contribution in [0.25, 0.3) is 0 Å². The zero-order chi connectivity index (χ0) is 6.48. The van der Waals surface area contributed by atoms with Gasteiger partial charge in [-0.15, -0.1) is 0 Å². The number of nitrogens with one attached hydrogen (secondary N) is 1. The lowest BCUT2D eigenvalue weighted by atomic mass is 9.50. The van der Waals surface area contributed by atoms with E-state index in [1.165, 1.54) is 0 Å². The minimum atomic E-state index is -0.395. The van der Waals surface area contributed by atoms with Gasteiger partial charge >= 0.3 is 5.37 Å². The zero-order valence-electron chi connectivity index (χ0n) is 4.98. The summed E-state index contributed by atoms with van der Waals surface area (Å²) in [4.78, 5) is 10.3. The quantitative estimate of drug-likeness (QED) is 0.440. The second kappa shape index (κ2) is 1.43. The molecule has 3 rings (SSSR count). The van der Waals surface area contributed by atoms with E-state index in [-0.39, 0.29) is 5.54 Å². The lowest BCUT2D eigenvalue weighted by molar-refractivity contribution is -0.0380. The second-order valence-electron chi connectivity index (χ2n) is 3.16. The molecule has 0 aromatic rings. The molecule has 0 radical (unpaired) electrons. The predicted octanol–water partition coefficient (Wildman–Crippen LogP) is 1.49. The Bertz CT molecular complexity index is 151. The molecule has 3 aliphatic rings. The first-order chi connectivity index (χ1) is 4.20. The molecule has 1 amide bonds. The van der Waals surface area contributed by atoms with Crippen LogP contribution in [0.2, 0.25) is 0 Å². The first-order valence-corrected chi connectivity index (χ1v) is 3.56. The third-order valence-corrected chi connectivity index (χ3v) is 2.50. The van der Waals surface area contributed by atoms with Crippen LogP contribution in [0.3, 0.4) is 0 Å². The van der Waals surface area contributed by atoms with Crippen molar-refractivity contribution >= 4 is 17.0 Å². The van der Waals surface area contributed by atoms with E-state index in [1.54, 1.807) is 0 Å². The van der Waals surface area contributed by atoms with Gasteiger partial charge < -0.3 is 5.32 Å². The summed E-state index contributed by atoms with van der Waals surface area (Å²) >= 11 is 5.15. The van der Waals surface area contributed by atoms with Crippen LogP contribution in [0, 0.1) is 5.92 Å². The Morgan fingerprint density at radius 3 is 2.22 bits per heavy atom. The van der Waals surface area contributed by atoms with Gasteiger partial charge in [0.05, 0.1) is 0 Å². The van der Waals surface area contributed by atoms with E-state index in [9.17, 15) is 4.79 Å². The maximum Gasteiger partial charge on any atom is 0.314 e. The fraction of sp³-hybridized carbons (Fsp3) is 0.833. The van der Waals surface area contributed by atoms with Gasteiger partial charge in [0.25, 0.3) is 0 Å². The third-order valence-electron chi connectivity index (χ3n) is 2.40. The number of carbonyl (C=O) groups is 1. The average Bonchev–Trinajstić information content (AvgIpc) is 1.50. The standard InChI is InChI=1S/C6H8ClNO/c7-5(9)8-6-1-4(2-6)3-6/h4H,1-3H2,(H,8,9). The summed E-state index contributed by atoms with van der Waals surface area (Å²) in [6.45, 7) is 0. The van der Waals surface area contributed by atoms with Crippen LogP contribution in [-0.2, 0) is 0 Å². The molecular weight excluding hydrogens is 138 g/mol.